The molecule has 0 amide bonds. The Morgan fingerprint density at radius 3 is 2.69 bits per heavy atom. The van der Waals surface area contributed by atoms with Gasteiger partial charge in [0.1, 0.15) is 0 Å². The van der Waals surface area contributed by atoms with Crippen molar-refractivity contribution < 1.29 is 0 Å². The highest BCUT2D eigenvalue weighted by Crippen LogP contribution is 2.17. The molecule has 2 heteroatoms. The van der Waals surface area contributed by atoms with Crippen LogP contribution < -0.4 is 10.2 Å². The van der Waals surface area contributed by atoms with Crippen LogP contribution in [-0.2, 0) is 0 Å². The first-order valence-electron chi connectivity index (χ1n) is 6.24. The molecule has 16 heavy (non-hydrogen) atoms. The minimum absolute atomic E-state index is 0.806. The highest BCUT2D eigenvalue weighted by Gasteiger charge is 2.14. The highest BCUT2D eigenvalue weighted by atomic mass is 15.1. The molecule has 0 spiro atoms. The van der Waals surface area contributed by atoms with Gasteiger partial charge in [-0.2, -0.15) is 0 Å². The molecule has 0 aliphatic carbocycles. The summed E-state index contributed by atoms with van der Waals surface area (Å²) in [6, 6.07) is 8.80. The molecule has 1 fully saturated rings. The van der Waals surface area contributed by atoms with Gasteiger partial charge in [-0.3, -0.25) is 0 Å². The van der Waals surface area contributed by atoms with E-state index in [0.29, 0.717) is 0 Å². The van der Waals surface area contributed by atoms with Crippen molar-refractivity contribution in [3.63, 3.8) is 0 Å². The summed E-state index contributed by atoms with van der Waals surface area (Å²) in [4.78, 5) is 2.37. The zero-order valence-electron chi connectivity index (χ0n) is 10.4. The average molecular weight is 218 g/mol. The zero-order valence-corrected chi connectivity index (χ0v) is 10.4. The van der Waals surface area contributed by atoms with Gasteiger partial charge >= 0.3 is 0 Å². The van der Waals surface area contributed by atoms with Crippen molar-refractivity contribution in [1.29, 1.82) is 0 Å². The van der Waals surface area contributed by atoms with Crippen LogP contribution in [0.15, 0.2) is 24.3 Å². The van der Waals surface area contributed by atoms with E-state index in [2.05, 4.69) is 48.5 Å². The predicted molar refractivity (Wildman–Crippen MR) is 70.0 cm³/mol. The van der Waals surface area contributed by atoms with Crippen LogP contribution >= 0.6 is 0 Å². The normalized spacial score (nSPS) is 20.8. The van der Waals surface area contributed by atoms with Gasteiger partial charge in [0, 0.05) is 19.3 Å². The molecule has 0 radical (unpaired) electrons. The summed E-state index contributed by atoms with van der Waals surface area (Å²) in [5, 5.41) is 3.47. The minimum atomic E-state index is 0.806. The lowest BCUT2D eigenvalue weighted by atomic mass is 9.99. The molecule has 1 saturated heterocycles. The van der Waals surface area contributed by atoms with Crippen LogP contribution in [0.25, 0.3) is 0 Å². The summed E-state index contributed by atoms with van der Waals surface area (Å²) in [5.74, 6) is 0.806. The number of aryl methyl sites for hydroxylation is 1. The number of rotatable bonds is 3. The van der Waals surface area contributed by atoms with Crippen molar-refractivity contribution in [3.05, 3.63) is 29.8 Å². The van der Waals surface area contributed by atoms with E-state index in [-0.39, 0.29) is 0 Å². The zero-order chi connectivity index (χ0) is 11.4. The molecule has 2 rings (SSSR count). The Bertz CT molecular complexity index is 312. The second kappa shape index (κ2) is 5.35. The van der Waals surface area contributed by atoms with Gasteiger partial charge in [0.15, 0.2) is 0 Å². The lowest BCUT2D eigenvalue weighted by Gasteiger charge is -2.29. The highest BCUT2D eigenvalue weighted by molar-refractivity contribution is 5.46. The first-order chi connectivity index (χ1) is 7.75. The van der Waals surface area contributed by atoms with Crippen LogP contribution in [0.4, 0.5) is 5.69 Å². The van der Waals surface area contributed by atoms with Crippen LogP contribution in [-0.4, -0.2) is 26.7 Å². The third-order valence-electron chi connectivity index (χ3n) is 3.41. The molecule has 0 aromatic heterocycles. The standard InChI is InChI=1S/C14H22N2/c1-12-5-7-14(8-6-12)16(2)11-13-4-3-9-15-10-13/h5-8,13,15H,3-4,9-11H2,1-2H3. The monoisotopic (exact) mass is 218 g/mol. The Morgan fingerprint density at radius 2 is 2.06 bits per heavy atom. The van der Waals surface area contributed by atoms with Crippen LogP contribution in [0.2, 0.25) is 0 Å². The molecule has 1 unspecified atom stereocenters. The van der Waals surface area contributed by atoms with Gasteiger partial charge in [0.05, 0.1) is 0 Å². The largest absolute Gasteiger partial charge is 0.374 e. The second-order valence-electron chi connectivity index (χ2n) is 4.93. The van der Waals surface area contributed by atoms with Crippen molar-refractivity contribution in [2.75, 3.05) is 31.6 Å². The Labute approximate surface area is 98.7 Å². The van der Waals surface area contributed by atoms with Crippen molar-refractivity contribution in [3.8, 4) is 0 Å². The number of hydrogen-bond donors (Lipinski definition) is 1. The molecule has 0 saturated carbocycles. The molecule has 2 nitrogen and oxygen atoms in total. The van der Waals surface area contributed by atoms with Gasteiger partial charge in [-0.15, -0.1) is 0 Å². The van der Waals surface area contributed by atoms with Gasteiger partial charge in [0.25, 0.3) is 0 Å². The van der Waals surface area contributed by atoms with Crippen LogP contribution in [0.5, 0.6) is 0 Å². The quantitative estimate of drug-likeness (QED) is 0.838. The lowest BCUT2D eigenvalue weighted by Crippen LogP contribution is -2.36. The van der Waals surface area contributed by atoms with E-state index in [1.807, 2.05) is 0 Å². The third kappa shape index (κ3) is 2.99. The first kappa shape index (κ1) is 11.5. The van der Waals surface area contributed by atoms with Crippen LogP contribution in [0.3, 0.4) is 0 Å². The summed E-state index contributed by atoms with van der Waals surface area (Å²) >= 11 is 0. The summed E-state index contributed by atoms with van der Waals surface area (Å²) in [7, 11) is 2.19. The third-order valence-corrected chi connectivity index (χ3v) is 3.41. The van der Waals surface area contributed by atoms with E-state index in [9.17, 15) is 0 Å². The number of anilines is 1. The fraction of sp³-hybridized carbons (Fsp3) is 0.571. The second-order valence-corrected chi connectivity index (χ2v) is 4.93. The predicted octanol–water partition coefficient (Wildman–Crippen LogP) is 2.43. The lowest BCUT2D eigenvalue weighted by molar-refractivity contribution is 0.381. The van der Waals surface area contributed by atoms with Crippen molar-refractivity contribution >= 4 is 5.69 Å². The number of nitrogens with one attached hydrogen (secondary N) is 1. The fourth-order valence-electron chi connectivity index (χ4n) is 2.37. The van der Waals surface area contributed by atoms with Gasteiger partial charge in [0.2, 0.25) is 0 Å². The van der Waals surface area contributed by atoms with Crippen molar-refractivity contribution in [2.45, 2.75) is 19.8 Å². The van der Waals surface area contributed by atoms with E-state index in [1.54, 1.807) is 0 Å². The molecule has 1 aliphatic heterocycles. The molecule has 1 aliphatic rings. The number of nitrogens with zero attached hydrogens (tertiary/aromatic N) is 1. The average Bonchev–Trinajstić information content (AvgIpc) is 2.31. The molecule has 0 bridgehead atoms. The van der Waals surface area contributed by atoms with E-state index in [1.165, 1.54) is 37.2 Å². The maximum Gasteiger partial charge on any atom is 0.0363 e. The summed E-state index contributed by atoms with van der Waals surface area (Å²) in [6.45, 7) is 5.67. The van der Waals surface area contributed by atoms with E-state index < -0.39 is 0 Å². The summed E-state index contributed by atoms with van der Waals surface area (Å²) < 4.78 is 0. The van der Waals surface area contributed by atoms with Gasteiger partial charge in [-0.1, -0.05) is 17.7 Å². The van der Waals surface area contributed by atoms with Gasteiger partial charge in [-0.05, 0) is 50.9 Å². The Kier molecular flexibility index (Phi) is 3.83. The maximum atomic E-state index is 3.47. The van der Waals surface area contributed by atoms with Crippen molar-refractivity contribution in [1.82, 2.24) is 5.32 Å². The molecule has 88 valence electrons. The smallest absolute Gasteiger partial charge is 0.0363 e. The minimum Gasteiger partial charge on any atom is -0.374 e. The SMILES string of the molecule is Cc1ccc(N(C)CC2CCCNC2)cc1. The molecule has 1 heterocycles. The molecule has 1 aromatic rings. The van der Waals surface area contributed by atoms with Gasteiger partial charge < -0.3 is 10.2 Å². The number of benzene rings is 1. The topological polar surface area (TPSA) is 15.3 Å². The van der Waals surface area contributed by atoms with Gasteiger partial charge in [-0.25, -0.2) is 0 Å². The first-order valence-corrected chi connectivity index (χ1v) is 6.24. The van der Waals surface area contributed by atoms with E-state index >= 15 is 0 Å². The fourth-order valence-corrected chi connectivity index (χ4v) is 2.37. The van der Waals surface area contributed by atoms with Crippen LogP contribution in [0, 0.1) is 12.8 Å². The number of hydrogen-bond acceptors (Lipinski definition) is 2. The number of piperidine rings is 1. The maximum absolute atomic E-state index is 3.47. The van der Waals surface area contributed by atoms with E-state index in [0.717, 1.165) is 12.5 Å². The molecule has 1 N–H and O–H groups in total. The Hall–Kier alpha value is -1.02. The van der Waals surface area contributed by atoms with Crippen LogP contribution in [0.1, 0.15) is 18.4 Å². The summed E-state index contributed by atoms with van der Waals surface area (Å²) in [5.41, 5.74) is 2.66. The molecular weight excluding hydrogens is 196 g/mol. The Morgan fingerprint density at radius 1 is 1.31 bits per heavy atom. The van der Waals surface area contributed by atoms with Crippen molar-refractivity contribution in [2.24, 2.45) is 5.92 Å². The molecular formula is C14H22N2. The Balaban J connectivity index is 1.91. The summed E-state index contributed by atoms with van der Waals surface area (Å²) in [6.07, 6.45) is 2.69. The molecule has 1 atom stereocenters. The molecule has 1 aromatic carbocycles. The van der Waals surface area contributed by atoms with E-state index in [4.69, 9.17) is 0 Å².